The Hall–Kier alpha value is -0.720. The predicted octanol–water partition coefficient (Wildman–Crippen LogP) is 1.35. The van der Waals surface area contributed by atoms with E-state index in [1.807, 2.05) is 0 Å². The summed E-state index contributed by atoms with van der Waals surface area (Å²) in [6.07, 6.45) is 6.37. The summed E-state index contributed by atoms with van der Waals surface area (Å²) < 4.78 is 26.4. The van der Waals surface area contributed by atoms with Crippen molar-refractivity contribution in [2.24, 2.45) is 0 Å². The maximum Gasteiger partial charge on any atom is 0.243 e. The zero-order chi connectivity index (χ0) is 11.6. The van der Waals surface area contributed by atoms with Crippen LogP contribution >= 0.6 is 11.6 Å². The van der Waals surface area contributed by atoms with E-state index in [0.29, 0.717) is 0 Å². The van der Waals surface area contributed by atoms with Crippen LogP contribution in [0.4, 0.5) is 0 Å². The van der Waals surface area contributed by atoms with E-state index in [4.69, 9.17) is 11.6 Å². The molecule has 0 atom stereocenters. The normalized spacial score (nSPS) is 17.8. The predicted molar refractivity (Wildman–Crippen MR) is 59.6 cm³/mol. The summed E-state index contributed by atoms with van der Waals surface area (Å²) >= 11 is 5.49. The van der Waals surface area contributed by atoms with Gasteiger partial charge in [0.1, 0.15) is 4.90 Å². The van der Waals surface area contributed by atoms with Crippen LogP contribution in [0.25, 0.3) is 0 Å². The number of rotatable bonds is 3. The second kappa shape index (κ2) is 4.65. The summed E-state index contributed by atoms with van der Waals surface area (Å²) in [7, 11) is -3.49. The van der Waals surface area contributed by atoms with Gasteiger partial charge in [-0.3, -0.25) is 0 Å². The summed E-state index contributed by atoms with van der Waals surface area (Å²) in [6, 6.07) is 0.0423. The highest BCUT2D eigenvalue weighted by atomic mass is 35.5. The molecule has 1 aliphatic rings. The second-order valence-electron chi connectivity index (χ2n) is 3.79. The highest BCUT2D eigenvalue weighted by Gasteiger charge is 2.23. The molecule has 2 rings (SSSR count). The van der Waals surface area contributed by atoms with Crippen molar-refractivity contribution in [2.45, 2.75) is 36.6 Å². The van der Waals surface area contributed by atoms with Crippen molar-refractivity contribution in [1.29, 1.82) is 0 Å². The van der Waals surface area contributed by atoms with E-state index < -0.39 is 10.0 Å². The van der Waals surface area contributed by atoms with Crippen molar-refractivity contribution >= 4 is 21.6 Å². The first-order valence-corrected chi connectivity index (χ1v) is 6.94. The molecule has 0 radical (unpaired) electrons. The van der Waals surface area contributed by atoms with Gasteiger partial charge in [-0.25, -0.2) is 23.1 Å². The molecule has 1 aromatic rings. The fraction of sp³-hybridized carbons (Fsp3) is 0.556. The Morgan fingerprint density at radius 2 is 1.81 bits per heavy atom. The van der Waals surface area contributed by atoms with Crippen molar-refractivity contribution in [3.05, 3.63) is 17.7 Å². The molecule has 0 spiro atoms. The Balaban J connectivity index is 2.14. The van der Waals surface area contributed by atoms with Crippen LogP contribution in [0.5, 0.6) is 0 Å². The molecule has 7 heteroatoms. The summed E-state index contributed by atoms with van der Waals surface area (Å²) in [6.45, 7) is 0. The van der Waals surface area contributed by atoms with Crippen molar-refractivity contribution in [2.75, 3.05) is 0 Å². The van der Waals surface area contributed by atoms with Crippen molar-refractivity contribution in [1.82, 2.24) is 14.7 Å². The van der Waals surface area contributed by atoms with E-state index in [1.54, 1.807) is 0 Å². The van der Waals surface area contributed by atoms with E-state index in [2.05, 4.69) is 14.7 Å². The van der Waals surface area contributed by atoms with Gasteiger partial charge in [0.25, 0.3) is 0 Å². The average Bonchev–Trinajstić information content (AvgIpc) is 2.70. The number of hydrogen-bond donors (Lipinski definition) is 1. The van der Waals surface area contributed by atoms with E-state index in [9.17, 15) is 8.42 Å². The monoisotopic (exact) mass is 261 g/mol. The number of aromatic nitrogens is 2. The van der Waals surface area contributed by atoms with Gasteiger partial charge in [0, 0.05) is 6.04 Å². The maximum absolute atomic E-state index is 11.9. The molecule has 0 unspecified atom stereocenters. The standard InChI is InChI=1S/C9H12ClN3O2S/c10-9-11-5-8(6-12-9)16(14,15)13-7-3-1-2-4-7/h5-7,13H,1-4H2. The molecule has 0 aromatic carbocycles. The van der Waals surface area contributed by atoms with Crippen LogP contribution < -0.4 is 4.72 Å². The van der Waals surface area contributed by atoms with Gasteiger partial charge in [0.15, 0.2) is 0 Å². The SMILES string of the molecule is O=S(=O)(NC1CCCC1)c1cnc(Cl)nc1. The fourth-order valence-corrected chi connectivity index (χ4v) is 3.06. The molecule has 0 bridgehead atoms. The van der Waals surface area contributed by atoms with Gasteiger partial charge in [0.2, 0.25) is 15.3 Å². The molecule has 88 valence electrons. The Labute approximate surface area is 99.3 Å². The minimum absolute atomic E-state index is 0.0415. The van der Waals surface area contributed by atoms with Crippen LogP contribution in [-0.2, 0) is 10.0 Å². The first kappa shape index (κ1) is 11.8. The first-order valence-electron chi connectivity index (χ1n) is 5.08. The minimum Gasteiger partial charge on any atom is -0.225 e. The lowest BCUT2D eigenvalue weighted by Crippen LogP contribution is -2.32. The molecule has 0 aliphatic heterocycles. The molecule has 0 amide bonds. The molecule has 1 N–H and O–H groups in total. The lowest BCUT2D eigenvalue weighted by molar-refractivity contribution is 0.551. The molecular formula is C9H12ClN3O2S. The van der Waals surface area contributed by atoms with Crippen LogP contribution in [-0.4, -0.2) is 24.4 Å². The zero-order valence-electron chi connectivity index (χ0n) is 8.56. The Morgan fingerprint density at radius 3 is 2.38 bits per heavy atom. The van der Waals surface area contributed by atoms with Gasteiger partial charge in [-0.05, 0) is 24.4 Å². The molecule has 1 saturated carbocycles. The van der Waals surface area contributed by atoms with Gasteiger partial charge >= 0.3 is 0 Å². The van der Waals surface area contributed by atoms with Gasteiger partial charge in [-0.2, -0.15) is 0 Å². The maximum atomic E-state index is 11.9. The number of hydrogen-bond acceptors (Lipinski definition) is 4. The van der Waals surface area contributed by atoms with Crippen LogP contribution in [0.1, 0.15) is 25.7 Å². The molecular weight excluding hydrogens is 250 g/mol. The van der Waals surface area contributed by atoms with Gasteiger partial charge in [-0.1, -0.05) is 12.8 Å². The summed E-state index contributed by atoms with van der Waals surface area (Å²) in [5.41, 5.74) is 0. The zero-order valence-corrected chi connectivity index (χ0v) is 10.1. The molecule has 1 aliphatic carbocycles. The van der Waals surface area contributed by atoms with E-state index in [-0.39, 0.29) is 16.2 Å². The van der Waals surface area contributed by atoms with Crippen LogP contribution in [0.15, 0.2) is 17.3 Å². The Kier molecular flexibility index (Phi) is 3.41. The van der Waals surface area contributed by atoms with E-state index in [0.717, 1.165) is 25.7 Å². The summed E-state index contributed by atoms with van der Waals surface area (Å²) in [5.74, 6) is 0. The number of nitrogens with one attached hydrogen (secondary N) is 1. The van der Waals surface area contributed by atoms with Crippen molar-refractivity contribution < 1.29 is 8.42 Å². The van der Waals surface area contributed by atoms with Crippen LogP contribution in [0.3, 0.4) is 0 Å². The van der Waals surface area contributed by atoms with Crippen LogP contribution in [0.2, 0.25) is 5.28 Å². The first-order chi connectivity index (χ1) is 7.58. The van der Waals surface area contributed by atoms with Gasteiger partial charge < -0.3 is 0 Å². The number of sulfonamides is 1. The third-order valence-electron chi connectivity index (χ3n) is 2.58. The van der Waals surface area contributed by atoms with Crippen LogP contribution in [0, 0.1) is 0 Å². The third-order valence-corrected chi connectivity index (χ3v) is 4.25. The molecule has 1 heterocycles. The average molecular weight is 262 g/mol. The van der Waals surface area contributed by atoms with Crippen molar-refractivity contribution in [3.8, 4) is 0 Å². The highest BCUT2D eigenvalue weighted by molar-refractivity contribution is 7.89. The Bertz CT molecular complexity index is 454. The summed E-state index contributed by atoms with van der Waals surface area (Å²) in [5, 5.41) is 0.0415. The number of halogens is 1. The fourth-order valence-electron chi connectivity index (χ4n) is 1.77. The minimum atomic E-state index is -3.49. The summed E-state index contributed by atoms with van der Waals surface area (Å²) in [4.78, 5) is 7.37. The lowest BCUT2D eigenvalue weighted by atomic mass is 10.3. The molecule has 0 saturated heterocycles. The lowest BCUT2D eigenvalue weighted by Gasteiger charge is -2.11. The van der Waals surface area contributed by atoms with Crippen molar-refractivity contribution in [3.63, 3.8) is 0 Å². The number of nitrogens with zero attached hydrogens (tertiary/aromatic N) is 2. The molecule has 5 nitrogen and oxygen atoms in total. The smallest absolute Gasteiger partial charge is 0.225 e. The highest BCUT2D eigenvalue weighted by Crippen LogP contribution is 2.20. The Morgan fingerprint density at radius 1 is 1.25 bits per heavy atom. The quantitative estimate of drug-likeness (QED) is 0.834. The second-order valence-corrected chi connectivity index (χ2v) is 5.84. The third kappa shape index (κ3) is 2.69. The van der Waals surface area contributed by atoms with Gasteiger partial charge in [0.05, 0.1) is 12.4 Å². The van der Waals surface area contributed by atoms with E-state index >= 15 is 0 Å². The molecule has 1 fully saturated rings. The largest absolute Gasteiger partial charge is 0.243 e. The van der Waals surface area contributed by atoms with E-state index in [1.165, 1.54) is 12.4 Å². The molecule has 1 aromatic heterocycles. The van der Waals surface area contributed by atoms with Gasteiger partial charge in [-0.15, -0.1) is 0 Å². The molecule has 16 heavy (non-hydrogen) atoms. The topological polar surface area (TPSA) is 72.0 Å².